The van der Waals surface area contributed by atoms with Crippen LogP contribution in [0.2, 0.25) is 0 Å². The summed E-state index contributed by atoms with van der Waals surface area (Å²) in [6.07, 6.45) is 4.76. The smallest absolute Gasteiger partial charge is 0.222 e. The van der Waals surface area contributed by atoms with Crippen LogP contribution in [0, 0.1) is 5.92 Å². The number of carbonyl (C=O) groups is 1. The third-order valence-corrected chi connectivity index (χ3v) is 3.92. The second kappa shape index (κ2) is 6.59. The number of anilines is 2. The molecule has 5 heteroatoms. The Kier molecular flexibility index (Phi) is 4.82. The second-order valence-corrected chi connectivity index (χ2v) is 5.50. The van der Waals surface area contributed by atoms with E-state index in [9.17, 15) is 4.79 Å². The average Bonchev–Trinajstić information content (AvgIpc) is 2.45. The van der Waals surface area contributed by atoms with Crippen LogP contribution in [0.1, 0.15) is 33.1 Å². The lowest BCUT2D eigenvalue weighted by atomic mass is 9.92. The van der Waals surface area contributed by atoms with Gasteiger partial charge in [-0.25, -0.2) is 4.98 Å². The summed E-state index contributed by atoms with van der Waals surface area (Å²) in [5.41, 5.74) is 6.57. The number of rotatable bonds is 5. The first kappa shape index (κ1) is 14.6. The molecule has 1 aliphatic rings. The van der Waals surface area contributed by atoms with Gasteiger partial charge in [0.2, 0.25) is 5.91 Å². The normalized spacial score (nSPS) is 22.6. The minimum atomic E-state index is -0.194. The van der Waals surface area contributed by atoms with Gasteiger partial charge in [0.15, 0.2) is 0 Å². The van der Waals surface area contributed by atoms with Gasteiger partial charge >= 0.3 is 0 Å². The number of carbonyl (C=O) groups excluding carboxylic acids is 1. The van der Waals surface area contributed by atoms with Crippen molar-refractivity contribution in [3.05, 3.63) is 18.3 Å². The molecule has 1 aliphatic heterocycles. The number of hydrogen-bond donors (Lipinski definition) is 2. The molecule has 2 heterocycles. The van der Waals surface area contributed by atoms with Crippen LogP contribution in [0.25, 0.3) is 0 Å². The predicted octanol–water partition coefficient (Wildman–Crippen LogP) is 1.99. The van der Waals surface area contributed by atoms with Crippen molar-refractivity contribution in [3.63, 3.8) is 0 Å². The molecule has 0 saturated carbocycles. The highest BCUT2D eigenvalue weighted by atomic mass is 16.1. The summed E-state index contributed by atoms with van der Waals surface area (Å²) in [5.74, 6) is 0.643. The molecule has 0 radical (unpaired) electrons. The van der Waals surface area contributed by atoms with Gasteiger partial charge in [0.1, 0.15) is 5.82 Å². The highest BCUT2D eigenvalue weighted by molar-refractivity contribution is 5.77. The van der Waals surface area contributed by atoms with Crippen molar-refractivity contribution < 1.29 is 4.79 Å². The molecule has 2 atom stereocenters. The minimum absolute atomic E-state index is 0.0496. The van der Waals surface area contributed by atoms with Gasteiger partial charge in [-0.1, -0.05) is 6.92 Å². The number of piperidine rings is 1. The largest absolute Gasteiger partial charge is 0.370 e. The standard InChI is InChI=1S/C15H24N4O/c1-3-7-17-14-9-13(6-8-18-14)19-10-12(15(16)20)5-4-11(19)2/h6,8-9,11-12H,3-5,7,10H2,1-2H3,(H2,16,20)(H,17,18). The van der Waals surface area contributed by atoms with Crippen molar-refractivity contribution in [1.82, 2.24) is 4.98 Å². The monoisotopic (exact) mass is 276 g/mol. The first-order valence-corrected chi connectivity index (χ1v) is 7.37. The van der Waals surface area contributed by atoms with E-state index >= 15 is 0 Å². The zero-order valence-electron chi connectivity index (χ0n) is 12.3. The molecule has 20 heavy (non-hydrogen) atoms. The Morgan fingerprint density at radius 1 is 1.55 bits per heavy atom. The number of aromatic nitrogens is 1. The Morgan fingerprint density at radius 2 is 2.35 bits per heavy atom. The maximum Gasteiger partial charge on any atom is 0.222 e. The highest BCUT2D eigenvalue weighted by Gasteiger charge is 2.28. The van der Waals surface area contributed by atoms with Gasteiger partial charge in [0.05, 0.1) is 5.92 Å². The molecular formula is C15H24N4O. The quantitative estimate of drug-likeness (QED) is 0.863. The van der Waals surface area contributed by atoms with E-state index in [2.05, 4.69) is 35.1 Å². The number of nitrogens with one attached hydrogen (secondary N) is 1. The number of nitrogens with zero attached hydrogens (tertiary/aromatic N) is 2. The molecule has 1 fully saturated rings. The lowest BCUT2D eigenvalue weighted by molar-refractivity contribution is -0.122. The Bertz CT molecular complexity index is 463. The fourth-order valence-electron chi connectivity index (χ4n) is 2.65. The molecule has 1 aromatic rings. The molecule has 3 N–H and O–H groups in total. The predicted molar refractivity (Wildman–Crippen MR) is 81.7 cm³/mol. The molecule has 0 aliphatic carbocycles. The molecule has 0 bridgehead atoms. The van der Waals surface area contributed by atoms with Crippen LogP contribution in [0.3, 0.4) is 0 Å². The lowest BCUT2D eigenvalue weighted by Crippen LogP contribution is -2.45. The van der Waals surface area contributed by atoms with Gasteiger partial charge in [0.25, 0.3) is 0 Å². The number of nitrogens with two attached hydrogens (primary N) is 1. The first-order valence-electron chi connectivity index (χ1n) is 7.37. The average molecular weight is 276 g/mol. The van der Waals surface area contributed by atoms with E-state index in [-0.39, 0.29) is 11.8 Å². The van der Waals surface area contributed by atoms with E-state index in [0.29, 0.717) is 12.6 Å². The van der Waals surface area contributed by atoms with Gasteiger partial charge in [-0.3, -0.25) is 4.79 Å². The molecule has 110 valence electrons. The zero-order chi connectivity index (χ0) is 14.5. The van der Waals surface area contributed by atoms with Crippen molar-refractivity contribution in [1.29, 1.82) is 0 Å². The first-order chi connectivity index (χ1) is 9.61. The van der Waals surface area contributed by atoms with Gasteiger partial charge in [-0.2, -0.15) is 0 Å². The van der Waals surface area contributed by atoms with Crippen LogP contribution in [0.15, 0.2) is 18.3 Å². The maximum absolute atomic E-state index is 11.4. The summed E-state index contributed by atoms with van der Waals surface area (Å²) in [4.78, 5) is 18.0. The van der Waals surface area contributed by atoms with E-state index in [1.165, 1.54) is 0 Å². The van der Waals surface area contributed by atoms with E-state index < -0.39 is 0 Å². The van der Waals surface area contributed by atoms with Gasteiger partial charge in [-0.05, 0) is 32.3 Å². The Labute approximate surface area is 120 Å². The number of hydrogen-bond acceptors (Lipinski definition) is 4. The molecule has 1 saturated heterocycles. The molecule has 1 aromatic heterocycles. The maximum atomic E-state index is 11.4. The van der Waals surface area contributed by atoms with Gasteiger partial charge in [0, 0.05) is 37.1 Å². The molecular weight excluding hydrogens is 252 g/mol. The van der Waals surface area contributed by atoms with Crippen LogP contribution in [0.4, 0.5) is 11.5 Å². The highest BCUT2D eigenvalue weighted by Crippen LogP contribution is 2.28. The fraction of sp³-hybridized carbons (Fsp3) is 0.600. The minimum Gasteiger partial charge on any atom is -0.370 e. The third kappa shape index (κ3) is 3.40. The molecule has 0 spiro atoms. The Balaban J connectivity index is 2.13. The van der Waals surface area contributed by atoms with E-state index in [4.69, 9.17) is 5.73 Å². The SMILES string of the molecule is CCCNc1cc(N2CC(C(N)=O)CCC2C)ccn1. The lowest BCUT2D eigenvalue weighted by Gasteiger charge is -2.38. The number of pyridine rings is 1. The van der Waals surface area contributed by atoms with Crippen molar-refractivity contribution in [2.24, 2.45) is 11.7 Å². The summed E-state index contributed by atoms with van der Waals surface area (Å²) < 4.78 is 0. The van der Waals surface area contributed by atoms with Crippen molar-refractivity contribution in [3.8, 4) is 0 Å². The zero-order valence-corrected chi connectivity index (χ0v) is 12.3. The van der Waals surface area contributed by atoms with Crippen molar-refractivity contribution in [2.75, 3.05) is 23.3 Å². The van der Waals surface area contributed by atoms with E-state index in [1.54, 1.807) is 0 Å². The summed E-state index contributed by atoms with van der Waals surface area (Å²) in [5, 5.41) is 3.29. The summed E-state index contributed by atoms with van der Waals surface area (Å²) in [6, 6.07) is 4.47. The number of amides is 1. The third-order valence-electron chi connectivity index (χ3n) is 3.92. The molecule has 0 aromatic carbocycles. The van der Waals surface area contributed by atoms with E-state index in [0.717, 1.165) is 37.3 Å². The van der Waals surface area contributed by atoms with Crippen LogP contribution >= 0.6 is 0 Å². The molecule has 5 nitrogen and oxygen atoms in total. The fourth-order valence-corrected chi connectivity index (χ4v) is 2.65. The van der Waals surface area contributed by atoms with Crippen molar-refractivity contribution >= 4 is 17.4 Å². The molecule has 2 rings (SSSR count). The van der Waals surface area contributed by atoms with Gasteiger partial charge < -0.3 is 16.0 Å². The molecule has 1 amide bonds. The van der Waals surface area contributed by atoms with Gasteiger partial charge in [-0.15, -0.1) is 0 Å². The molecule has 2 unspecified atom stereocenters. The Hall–Kier alpha value is -1.78. The van der Waals surface area contributed by atoms with Crippen LogP contribution in [0.5, 0.6) is 0 Å². The van der Waals surface area contributed by atoms with Crippen LogP contribution in [-0.2, 0) is 4.79 Å². The topological polar surface area (TPSA) is 71.2 Å². The summed E-state index contributed by atoms with van der Waals surface area (Å²) >= 11 is 0. The summed E-state index contributed by atoms with van der Waals surface area (Å²) in [7, 11) is 0. The Morgan fingerprint density at radius 3 is 3.05 bits per heavy atom. The van der Waals surface area contributed by atoms with Crippen molar-refractivity contribution in [2.45, 2.75) is 39.2 Å². The second-order valence-electron chi connectivity index (χ2n) is 5.50. The van der Waals surface area contributed by atoms with Crippen LogP contribution in [-0.4, -0.2) is 30.0 Å². The van der Waals surface area contributed by atoms with E-state index in [1.807, 2.05) is 12.3 Å². The summed E-state index contributed by atoms with van der Waals surface area (Å²) in [6.45, 7) is 5.93. The van der Waals surface area contributed by atoms with Crippen LogP contribution < -0.4 is 16.0 Å². The number of primary amides is 1.